The van der Waals surface area contributed by atoms with Crippen molar-refractivity contribution in [2.45, 2.75) is 27.7 Å². The summed E-state index contributed by atoms with van der Waals surface area (Å²) < 4.78 is 2.84. The molecule has 3 aromatic rings. The first-order valence-corrected chi connectivity index (χ1v) is 8.28. The van der Waals surface area contributed by atoms with Gasteiger partial charge in [0, 0.05) is 20.2 Å². The summed E-state index contributed by atoms with van der Waals surface area (Å²) in [7, 11) is 0. The number of hydrogen-bond acceptors (Lipinski definition) is 2. The molecule has 1 nitrogen and oxygen atoms in total. The summed E-state index contributed by atoms with van der Waals surface area (Å²) in [5, 5.41) is 2.81. The number of aryl methyl sites for hydroxylation is 3. The van der Waals surface area contributed by atoms with Crippen molar-refractivity contribution in [3.63, 3.8) is 0 Å². The number of thiophene rings is 1. The maximum atomic E-state index is 4.98. The van der Waals surface area contributed by atoms with Gasteiger partial charge in [0.05, 0.1) is 0 Å². The van der Waals surface area contributed by atoms with Crippen LogP contribution in [0.3, 0.4) is 0 Å². The monoisotopic (exact) mass is 309 g/mol. The Labute approximate surface area is 136 Å². The predicted molar refractivity (Wildman–Crippen MR) is 102 cm³/mol. The Morgan fingerprint density at radius 2 is 1.64 bits per heavy atom. The van der Waals surface area contributed by atoms with E-state index in [9.17, 15) is 0 Å². The van der Waals surface area contributed by atoms with Crippen molar-refractivity contribution < 1.29 is 0 Å². The second-order valence-corrected chi connectivity index (χ2v) is 6.45. The molecule has 0 atom stereocenters. The van der Waals surface area contributed by atoms with Crippen molar-refractivity contribution in [1.82, 2.24) is 0 Å². The summed E-state index contributed by atoms with van der Waals surface area (Å²) in [5.41, 5.74) is 9.14. The molecule has 0 bridgehead atoms. The summed E-state index contributed by atoms with van der Waals surface area (Å²) >= 11 is 1.91. The minimum absolute atomic E-state index is 1.38. The largest absolute Gasteiger partial charge is 0.405 e. The van der Waals surface area contributed by atoms with E-state index in [2.05, 4.69) is 51.1 Å². The van der Waals surface area contributed by atoms with Crippen molar-refractivity contribution in [3.8, 4) is 0 Å². The fourth-order valence-corrected chi connectivity index (χ4v) is 3.62. The molecule has 2 aromatic carbocycles. The topological polar surface area (TPSA) is 26.0 Å². The number of fused-ring (bicyclic) bond motifs is 3. The molecule has 0 saturated carbocycles. The van der Waals surface area contributed by atoms with Gasteiger partial charge in [-0.2, -0.15) is 0 Å². The fourth-order valence-electron chi connectivity index (χ4n) is 2.37. The van der Waals surface area contributed by atoms with Crippen molar-refractivity contribution in [2.75, 3.05) is 0 Å². The van der Waals surface area contributed by atoms with Gasteiger partial charge in [0.25, 0.3) is 0 Å². The lowest BCUT2D eigenvalue weighted by atomic mass is 10.0. The first kappa shape index (κ1) is 16.3. The first-order valence-electron chi connectivity index (χ1n) is 7.47. The van der Waals surface area contributed by atoms with Gasteiger partial charge >= 0.3 is 0 Å². The molecule has 0 radical (unpaired) electrons. The molecule has 1 aromatic heterocycles. The third-order valence-electron chi connectivity index (χ3n) is 3.72. The van der Waals surface area contributed by atoms with Gasteiger partial charge < -0.3 is 5.73 Å². The van der Waals surface area contributed by atoms with Crippen LogP contribution in [-0.2, 0) is 0 Å². The zero-order valence-electron chi connectivity index (χ0n) is 13.7. The minimum Gasteiger partial charge on any atom is -0.405 e. The van der Waals surface area contributed by atoms with E-state index in [4.69, 9.17) is 5.73 Å². The SMILES string of the molecule is C/C=C\C=C/N.Cc1cc2sc3c(C)cccc3c2cc1C. The lowest BCUT2D eigenvalue weighted by molar-refractivity contribution is 1.37. The van der Waals surface area contributed by atoms with Crippen molar-refractivity contribution >= 4 is 31.5 Å². The molecule has 3 rings (SSSR count). The second-order valence-electron chi connectivity index (χ2n) is 5.40. The van der Waals surface area contributed by atoms with Gasteiger partial charge in [-0.1, -0.05) is 30.4 Å². The van der Waals surface area contributed by atoms with E-state index in [1.165, 1.54) is 43.1 Å². The quantitative estimate of drug-likeness (QED) is 0.547. The standard InChI is InChI=1S/C15H14S.C5H9N/c1-9-5-4-6-12-13-7-10(2)11(3)8-14(13)16-15(9)12;1-2-3-4-5-6/h4-8H,1-3H3;2-5H,6H2,1H3/b;3-2-,5-4-. The van der Waals surface area contributed by atoms with Crippen LogP contribution in [0.2, 0.25) is 0 Å². The van der Waals surface area contributed by atoms with Crippen molar-refractivity contribution in [3.05, 3.63) is 71.5 Å². The average Bonchev–Trinajstić information content (AvgIpc) is 2.86. The molecular formula is C20H23NS. The Hall–Kier alpha value is -2.06. The molecule has 0 aliphatic heterocycles. The Kier molecular flexibility index (Phi) is 5.40. The van der Waals surface area contributed by atoms with E-state index >= 15 is 0 Å². The molecule has 0 aliphatic carbocycles. The van der Waals surface area contributed by atoms with E-state index < -0.39 is 0 Å². The third kappa shape index (κ3) is 3.40. The Bertz CT molecular complexity index is 828. The Morgan fingerprint density at radius 1 is 0.909 bits per heavy atom. The highest BCUT2D eigenvalue weighted by Crippen LogP contribution is 2.36. The zero-order chi connectivity index (χ0) is 16.1. The molecule has 0 unspecified atom stereocenters. The van der Waals surface area contributed by atoms with Crippen LogP contribution in [0, 0.1) is 20.8 Å². The van der Waals surface area contributed by atoms with Crippen LogP contribution in [0.15, 0.2) is 54.8 Å². The molecule has 22 heavy (non-hydrogen) atoms. The minimum atomic E-state index is 1.38. The number of rotatable bonds is 1. The first-order chi connectivity index (χ1) is 10.6. The van der Waals surface area contributed by atoms with E-state index in [-0.39, 0.29) is 0 Å². The third-order valence-corrected chi connectivity index (χ3v) is 5.03. The van der Waals surface area contributed by atoms with Gasteiger partial charge in [-0.3, -0.25) is 0 Å². The van der Waals surface area contributed by atoms with E-state index in [0.717, 1.165) is 0 Å². The molecule has 0 aliphatic rings. The lowest BCUT2D eigenvalue weighted by Crippen LogP contribution is -1.78. The molecular weight excluding hydrogens is 286 g/mol. The second kappa shape index (κ2) is 7.28. The predicted octanol–water partition coefficient (Wildman–Crippen LogP) is 6.01. The molecule has 0 fully saturated rings. The highest BCUT2D eigenvalue weighted by atomic mass is 32.1. The van der Waals surface area contributed by atoms with Gasteiger partial charge in [0.15, 0.2) is 0 Å². The highest BCUT2D eigenvalue weighted by Gasteiger charge is 2.07. The number of benzene rings is 2. The van der Waals surface area contributed by atoms with Crippen LogP contribution in [0.4, 0.5) is 0 Å². The van der Waals surface area contributed by atoms with Crippen molar-refractivity contribution in [1.29, 1.82) is 0 Å². The summed E-state index contributed by atoms with van der Waals surface area (Å²) in [6, 6.07) is 11.2. The fraction of sp³-hybridized carbons (Fsp3) is 0.200. The zero-order valence-corrected chi connectivity index (χ0v) is 14.5. The highest BCUT2D eigenvalue weighted by molar-refractivity contribution is 7.26. The van der Waals surface area contributed by atoms with Crippen LogP contribution >= 0.6 is 11.3 Å². The molecule has 2 heteroatoms. The molecule has 0 spiro atoms. The van der Waals surface area contributed by atoms with Crippen LogP contribution in [0.1, 0.15) is 23.6 Å². The average molecular weight is 309 g/mol. The number of allylic oxidation sites excluding steroid dienone is 3. The van der Waals surface area contributed by atoms with Crippen LogP contribution in [-0.4, -0.2) is 0 Å². The number of nitrogens with two attached hydrogens (primary N) is 1. The normalized spacial score (nSPS) is 11.5. The van der Waals surface area contributed by atoms with Crippen LogP contribution < -0.4 is 5.73 Å². The maximum Gasteiger partial charge on any atom is 0.0384 e. The van der Waals surface area contributed by atoms with Gasteiger partial charge in [-0.25, -0.2) is 0 Å². The number of hydrogen-bond donors (Lipinski definition) is 1. The van der Waals surface area contributed by atoms with E-state index in [0.29, 0.717) is 0 Å². The smallest absolute Gasteiger partial charge is 0.0384 e. The van der Waals surface area contributed by atoms with Gasteiger partial charge in [0.1, 0.15) is 0 Å². The molecule has 114 valence electrons. The van der Waals surface area contributed by atoms with Gasteiger partial charge in [-0.15, -0.1) is 11.3 Å². The summed E-state index contributed by atoms with van der Waals surface area (Å²) in [5.74, 6) is 0. The Balaban J connectivity index is 0.000000254. The summed E-state index contributed by atoms with van der Waals surface area (Å²) in [6.45, 7) is 8.51. The Morgan fingerprint density at radius 3 is 2.27 bits per heavy atom. The van der Waals surface area contributed by atoms with Gasteiger partial charge in [0.2, 0.25) is 0 Å². The lowest BCUT2D eigenvalue weighted by Gasteiger charge is -1.99. The summed E-state index contributed by atoms with van der Waals surface area (Å²) in [6.07, 6.45) is 7.07. The van der Waals surface area contributed by atoms with Gasteiger partial charge in [-0.05, 0) is 68.8 Å². The molecule has 0 amide bonds. The maximum absolute atomic E-state index is 4.98. The van der Waals surface area contributed by atoms with Crippen molar-refractivity contribution in [2.24, 2.45) is 5.73 Å². The molecule has 0 saturated heterocycles. The molecule has 2 N–H and O–H groups in total. The van der Waals surface area contributed by atoms with E-state index in [1.807, 2.05) is 30.4 Å². The van der Waals surface area contributed by atoms with Crippen LogP contribution in [0.25, 0.3) is 20.2 Å². The molecule has 1 heterocycles. The van der Waals surface area contributed by atoms with E-state index in [1.54, 1.807) is 6.08 Å². The van der Waals surface area contributed by atoms with Crippen LogP contribution in [0.5, 0.6) is 0 Å². The summed E-state index contributed by atoms with van der Waals surface area (Å²) in [4.78, 5) is 0.